The largest absolute Gasteiger partial charge is 0.417 e. The number of imidazole rings is 1. The smallest absolute Gasteiger partial charge is 0.396 e. The van der Waals surface area contributed by atoms with Crippen LogP contribution in [0, 0.1) is 5.92 Å². The summed E-state index contributed by atoms with van der Waals surface area (Å²) in [7, 11) is 0. The van der Waals surface area contributed by atoms with Crippen LogP contribution in [0.25, 0.3) is 11.2 Å². The van der Waals surface area contributed by atoms with Gasteiger partial charge in [-0.3, -0.25) is 0 Å². The van der Waals surface area contributed by atoms with E-state index in [1.807, 2.05) is 4.90 Å². The summed E-state index contributed by atoms with van der Waals surface area (Å²) in [4.78, 5) is 18.9. The first kappa shape index (κ1) is 22.7. The Labute approximate surface area is 192 Å². The molecule has 1 saturated carbocycles. The van der Waals surface area contributed by atoms with E-state index in [0.29, 0.717) is 42.3 Å². The summed E-state index contributed by atoms with van der Waals surface area (Å²) in [6.45, 7) is 0.915. The Kier molecular flexibility index (Phi) is 5.78. The van der Waals surface area contributed by atoms with Crippen molar-refractivity contribution >= 4 is 22.8 Å². The third-order valence-electron chi connectivity index (χ3n) is 6.65. The van der Waals surface area contributed by atoms with Crippen LogP contribution in [0.4, 0.5) is 24.8 Å². The molecule has 0 bridgehead atoms. The summed E-state index contributed by atoms with van der Waals surface area (Å²) < 4.78 is 40.1. The molecular weight excluding hydrogens is 455 g/mol. The molecule has 1 aliphatic carbocycles. The van der Waals surface area contributed by atoms with Gasteiger partial charge >= 0.3 is 6.18 Å². The Morgan fingerprint density at radius 2 is 1.91 bits per heavy atom. The van der Waals surface area contributed by atoms with Gasteiger partial charge in [-0.1, -0.05) is 0 Å². The third kappa shape index (κ3) is 4.03. The second-order valence-corrected chi connectivity index (χ2v) is 8.75. The van der Waals surface area contributed by atoms with E-state index in [0.717, 1.165) is 18.7 Å². The Balaban J connectivity index is 1.31. The molecular formula is C21H24F3N7O3. The standard InChI is InChI=1S/C21H24F3N7O3/c22-21(23,24)12-1-2-15(25-6-12)30-4-3-13(7-30)29-19-16-20(27-9-26-19)31(10-28-16)14-5-11(8-32)17(33)18(14)34/h1-2,6,9-11,13-14,17-18,32-34H,3-5,7-8H2,(H,26,27,29)/t11?,13-,14+,17?,18+/m0/s1. The van der Waals surface area contributed by atoms with Crippen molar-refractivity contribution in [1.29, 1.82) is 0 Å². The highest BCUT2D eigenvalue weighted by atomic mass is 19.4. The minimum absolute atomic E-state index is 0.0370. The average molecular weight is 479 g/mol. The van der Waals surface area contributed by atoms with Gasteiger partial charge in [0.1, 0.15) is 23.8 Å². The van der Waals surface area contributed by atoms with Crippen LogP contribution < -0.4 is 10.2 Å². The molecule has 3 aromatic heterocycles. The highest BCUT2D eigenvalue weighted by molar-refractivity contribution is 5.83. The van der Waals surface area contributed by atoms with Crippen LogP contribution in [-0.2, 0) is 6.18 Å². The number of rotatable bonds is 5. The number of hydrogen-bond donors (Lipinski definition) is 4. The van der Waals surface area contributed by atoms with E-state index in [2.05, 4.69) is 25.3 Å². The molecule has 182 valence electrons. The highest BCUT2D eigenvalue weighted by Gasteiger charge is 2.42. The van der Waals surface area contributed by atoms with Crippen molar-refractivity contribution in [3.8, 4) is 0 Å². The Hall–Kier alpha value is -3.03. The molecule has 3 aromatic rings. The fourth-order valence-electron chi connectivity index (χ4n) is 4.78. The summed E-state index contributed by atoms with van der Waals surface area (Å²) in [5.41, 5.74) is 0.212. The first-order chi connectivity index (χ1) is 16.3. The lowest BCUT2D eigenvalue weighted by atomic mass is 10.1. The van der Waals surface area contributed by atoms with E-state index in [4.69, 9.17) is 0 Å². The second-order valence-electron chi connectivity index (χ2n) is 8.75. The van der Waals surface area contributed by atoms with Gasteiger partial charge in [0.2, 0.25) is 0 Å². The number of aliphatic hydroxyl groups excluding tert-OH is 3. The maximum atomic E-state index is 12.8. The molecule has 0 radical (unpaired) electrons. The number of nitrogens with one attached hydrogen (secondary N) is 1. The lowest BCUT2D eigenvalue weighted by Crippen LogP contribution is -2.30. The zero-order valence-corrected chi connectivity index (χ0v) is 18.0. The molecule has 0 amide bonds. The first-order valence-electron chi connectivity index (χ1n) is 11.0. The number of anilines is 2. The number of nitrogens with zero attached hydrogens (tertiary/aromatic N) is 6. The molecule has 1 aliphatic heterocycles. The van der Waals surface area contributed by atoms with Crippen molar-refractivity contribution in [2.75, 3.05) is 29.9 Å². The molecule has 4 N–H and O–H groups in total. The van der Waals surface area contributed by atoms with E-state index >= 15 is 0 Å². The van der Waals surface area contributed by atoms with Crippen LogP contribution in [0.1, 0.15) is 24.4 Å². The minimum atomic E-state index is -4.42. The number of aromatic nitrogens is 5. The van der Waals surface area contributed by atoms with Crippen molar-refractivity contribution in [2.45, 2.75) is 43.3 Å². The zero-order chi connectivity index (χ0) is 24.0. The van der Waals surface area contributed by atoms with Gasteiger partial charge in [0.15, 0.2) is 11.5 Å². The molecule has 4 heterocycles. The molecule has 13 heteroatoms. The van der Waals surface area contributed by atoms with Gasteiger partial charge in [-0.05, 0) is 25.0 Å². The summed E-state index contributed by atoms with van der Waals surface area (Å²) in [5.74, 6) is 0.546. The minimum Gasteiger partial charge on any atom is -0.396 e. The van der Waals surface area contributed by atoms with Crippen LogP contribution >= 0.6 is 0 Å². The van der Waals surface area contributed by atoms with Crippen LogP contribution in [0.5, 0.6) is 0 Å². The maximum absolute atomic E-state index is 12.8. The van der Waals surface area contributed by atoms with Gasteiger partial charge in [-0.25, -0.2) is 19.9 Å². The number of hydrogen-bond acceptors (Lipinski definition) is 9. The number of halogens is 3. The van der Waals surface area contributed by atoms with Crippen molar-refractivity contribution in [3.05, 3.63) is 36.5 Å². The van der Waals surface area contributed by atoms with Gasteiger partial charge < -0.3 is 30.1 Å². The number of pyridine rings is 1. The molecule has 5 rings (SSSR count). The van der Waals surface area contributed by atoms with Crippen LogP contribution in [0.3, 0.4) is 0 Å². The van der Waals surface area contributed by atoms with E-state index in [1.165, 1.54) is 18.7 Å². The Morgan fingerprint density at radius 1 is 1.09 bits per heavy atom. The monoisotopic (exact) mass is 479 g/mol. The van der Waals surface area contributed by atoms with Crippen LogP contribution in [0.15, 0.2) is 31.0 Å². The number of aliphatic hydroxyl groups is 3. The van der Waals surface area contributed by atoms with Gasteiger partial charge in [-0.2, -0.15) is 13.2 Å². The average Bonchev–Trinajstić information content (AvgIpc) is 3.52. The maximum Gasteiger partial charge on any atom is 0.417 e. The van der Waals surface area contributed by atoms with E-state index < -0.39 is 35.9 Å². The summed E-state index contributed by atoms with van der Waals surface area (Å²) in [6, 6.07) is 1.88. The lowest BCUT2D eigenvalue weighted by molar-refractivity contribution is -0.137. The van der Waals surface area contributed by atoms with E-state index in [9.17, 15) is 28.5 Å². The molecule has 2 fully saturated rings. The van der Waals surface area contributed by atoms with Crippen LogP contribution in [0.2, 0.25) is 0 Å². The first-order valence-corrected chi connectivity index (χ1v) is 11.0. The molecule has 0 spiro atoms. The van der Waals surface area contributed by atoms with Gasteiger partial charge in [0.25, 0.3) is 0 Å². The molecule has 0 aromatic carbocycles. The third-order valence-corrected chi connectivity index (χ3v) is 6.65. The van der Waals surface area contributed by atoms with Crippen molar-refractivity contribution in [1.82, 2.24) is 24.5 Å². The molecule has 2 unspecified atom stereocenters. The summed E-state index contributed by atoms with van der Waals surface area (Å²) in [5, 5.41) is 33.4. The Bertz CT molecular complexity index is 1160. The molecule has 5 atom stereocenters. The van der Waals surface area contributed by atoms with Crippen LogP contribution in [-0.4, -0.2) is 77.8 Å². The topological polar surface area (TPSA) is 132 Å². The van der Waals surface area contributed by atoms with E-state index in [-0.39, 0.29) is 12.6 Å². The molecule has 10 nitrogen and oxygen atoms in total. The molecule has 34 heavy (non-hydrogen) atoms. The van der Waals surface area contributed by atoms with Gasteiger partial charge in [0, 0.05) is 37.9 Å². The number of alkyl halides is 3. The van der Waals surface area contributed by atoms with Crippen molar-refractivity contribution in [3.63, 3.8) is 0 Å². The Morgan fingerprint density at radius 3 is 2.59 bits per heavy atom. The molecule has 2 aliphatic rings. The highest BCUT2D eigenvalue weighted by Crippen LogP contribution is 2.37. The number of fused-ring (bicyclic) bond motifs is 1. The fourth-order valence-corrected chi connectivity index (χ4v) is 4.78. The van der Waals surface area contributed by atoms with E-state index in [1.54, 1.807) is 4.57 Å². The predicted molar refractivity (Wildman–Crippen MR) is 115 cm³/mol. The van der Waals surface area contributed by atoms with Gasteiger partial charge in [-0.15, -0.1) is 0 Å². The van der Waals surface area contributed by atoms with Crippen molar-refractivity contribution < 1.29 is 28.5 Å². The second kappa shape index (κ2) is 8.64. The fraction of sp³-hybridized carbons (Fsp3) is 0.524. The van der Waals surface area contributed by atoms with Gasteiger partial charge in [0.05, 0.1) is 24.0 Å². The quantitative estimate of drug-likeness (QED) is 0.426. The SMILES string of the molecule is OCC1C[C@@H](n2cnc3c(N[C@H]4CCN(c5ccc(C(F)(F)F)cn5)C4)ncnc32)[C@@H](O)C1O. The molecule has 1 saturated heterocycles. The normalized spacial score (nSPS) is 27.6. The predicted octanol–water partition coefficient (Wildman–Crippen LogP) is 1.21. The lowest BCUT2D eigenvalue weighted by Gasteiger charge is -2.19. The summed E-state index contributed by atoms with van der Waals surface area (Å²) in [6.07, 6.45) is -1.64. The van der Waals surface area contributed by atoms with Crippen molar-refractivity contribution in [2.24, 2.45) is 5.92 Å². The zero-order valence-electron chi connectivity index (χ0n) is 18.0. The summed E-state index contributed by atoms with van der Waals surface area (Å²) >= 11 is 0.